The fourth-order valence-corrected chi connectivity index (χ4v) is 3.86. The molecule has 2 atom stereocenters. The van der Waals surface area contributed by atoms with Crippen LogP contribution in [0.4, 0.5) is 0 Å². The molecule has 0 aliphatic heterocycles. The Labute approximate surface area is 213 Å². The normalized spacial score (nSPS) is 14.7. The lowest BCUT2D eigenvalue weighted by molar-refractivity contribution is -0.218. The van der Waals surface area contributed by atoms with Crippen LogP contribution in [0.2, 0.25) is 10.0 Å². The summed E-state index contributed by atoms with van der Waals surface area (Å²) in [5.41, 5.74) is -3.50. The molecule has 182 valence electrons. The number of halogens is 2. The van der Waals surface area contributed by atoms with Gasteiger partial charge in [0.2, 0.25) is 11.2 Å². The van der Waals surface area contributed by atoms with Crippen LogP contribution in [0.1, 0.15) is 16.7 Å². The molecule has 0 spiro atoms. The number of aliphatic hydroxyl groups is 1. The second-order valence-electron chi connectivity index (χ2n) is 7.60. The van der Waals surface area contributed by atoms with Gasteiger partial charge in [-0.1, -0.05) is 83.9 Å². The largest absolute Gasteiger partial charge is 0.467 e. The number of benzene rings is 3. The molecule has 0 amide bonds. The average Bonchev–Trinajstić information content (AvgIpc) is 2.89. The predicted molar refractivity (Wildman–Crippen MR) is 134 cm³/mol. The highest BCUT2D eigenvalue weighted by molar-refractivity contribution is 6.30. The van der Waals surface area contributed by atoms with Gasteiger partial charge in [0, 0.05) is 10.0 Å². The molecule has 0 aliphatic rings. The minimum absolute atomic E-state index is 0.157. The molecule has 35 heavy (non-hydrogen) atoms. The number of carbonyl (C=O) groups excluding carboxylic acids is 2. The van der Waals surface area contributed by atoms with Crippen molar-refractivity contribution in [3.63, 3.8) is 0 Å². The molecule has 8 heteroatoms. The first kappa shape index (κ1) is 26.4. The fraction of sp³-hybridized carbons (Fsp3) is 0.185. The number of hydrogen-bond acceptors (Lipinski definition) is 6. The first-order valence-electron chi connectivity index (χ1n) is 10.5. The van der Waals surface area contributed by atoms with Gasteiger partial charge in [0.25, 0.3) is 0 Å². The minimum Gasteiger partial charge on any atom is -0.467 e. The van der Waals surface area contributed by atoms with E-state index < -0.39 is 23.1 Å². The Hall–Kier alpha value is -3.16. The van der Waals surface area contributed by atoms with Crippen LogP contribution in [0.3, 0.4) is 0 Å². The maximum absolute atomic E-state index is 13.4. The Morgan fingerprint density at radius 1 is 0.829 bits per heavy atom. The van der Waals surface area contributed by atoms with Crippen molar-refractivity contribution < 1.29 is 28.9 Å². The highest BCUT2D eigenvalue weighted by Crippen LogP contribution is 2.42. The molecule has 0 radical (unpaired) electrons. The molecule has 0 aliphatic carbocycles. The van der Waals surface area contributed by atoms with Crippen molar-refractivity contribution in [3.05, 3.63) is 112 Å². The summed E-state index contributed by atoms with van der Waals surface area (Å²) in [7, 11) is 2.25. The quantitative estimate of drug-likeness (QED) is 0.395. The molecule has 3 aromatic carbocycles. The van der Waals surface area contributed by atoms with E-state index in [-0.39, 0.29) is 12.2 Å². The van der Waals surface area contributed by atoms with E-state index in [1.54, 1.807) is 78.9 Å². The summed E-state index contributed by atoms with van der Waals surface area (Å²) >= 11 is 11.9. The van der Waals surface area contributed by atoms with E-state index in [1.807, 2.05) is 0 Å². The third kappa shape index (κ3) is 5.57. The fourth-order valence-electron chi connectivity index (χ4n) is 3.61. The molecular formula is C27H24Cl2O6. The zero-order valence-corrected chi connectivity index (χ0v) is 20.6. The smallest absolute Gasteiger partial charge is 0.346 e. The lowest BCUT2D eigenvalue weighted by Gasteiger charge is -2.41. The number of methoxy groups -OCH3 is 2. The lowest BCUT2D eigenvalue weighted by atomic mass is 9.76. The van der Waals surface area contributed by atoms with Crippen LogP contribution in [-0.2, 0) is 36.0 Å². The summed E-state index contributed by atoms with van der Waals surface area (Å²) in [6.45, 7) is -0.157. The lowest BCUT2D eigenvalue weighted by Crippen LogP contribution is -2.62. The van der Waals surface area contributed by atoms with E-state index in [4.69, 9.17) is 37.4 Å². The van der Waals surface area contributed by atoms with Gasteiger partial charge in [0.1, 0.15) is 0 Å². The van der Waals surface area contributed by atoms with Crippen molar-refractivity contribution in [2.75, 3.05) is 14.2 Å². The number of carbonyl (C=O) groups is 2. The summed E-state index contributed by atoms with van der Waals surface area (Å²) in [6.07, 6.45) is 2.63. The molecule has 0 aromatic heterocycles. The topological polar surface area (TPSA) is 82.1 Å². The number of esters is 2. The monoisotopic (exact) mass is 514 g/mol. The number of rotatable bonds is 9. The van der Waals surface area contributed by atoms with Crippen LogP contribution in [0.25, 0.3) is 6.08 Å². The van der Waals surface area contributed by atoms with Gasteiger partial charge in [-0.15, -0.1) is 0 Å². The van der Waals surface area contributed by atoms with Crippen molar-refractivity contribution >= 4 is 41.2 Å². The van der Waals surface area contributed by atoms with Crippen molar-refractivity contribution in [2.45, 2.75) is 17.8 Å². The van der Waals surface area contributed by atoms with Gasteiger partial charge in [0.05, 0.1) is 20.8 Å². The van der Waals surface area contributed by atoms with Gasteiger partial charge < -0.3 is 19.3 Å². The van der Waals surface area contributed by atoms with E-state index in [0.717, 1.165) is 20.3 Å². The SMILES string of the molecule is COC(=O)[C@@](OCc1ccc(Cl)cc1)(c1ccccc1)[C@](O)(/C=C/c1ccc(Cl)cc1)C(=O)OC. The maximum Gasteiger partial charge on any atom is 0.346 e. The van der Waals surface area contributed by atoms with Gasteiger partial charge in [-0.2, -0.15) is 0 Å². The number of hydrogen-bond donors (Lipinski definition) is 1. The van der Waals surface area contributed by atoms with Crippen LogP contribution < -0.4 is 0 Å². The van der Waals surface area contributed by atoms with Crippen LogP contribution in [-0.4, -0.2) is 36.9 Å². The zero-order chi connectivity index (χ0) is 25.5. The molecule has 0 fully saturated rings. The third-order valence-electron chi connectivity index (χ3n) is 5.44. The van der Waals surface area contributed by atoms with Crippen molar-refractivity contribution in [1.29, 1.82) is 0 Å². The van der Waals surface area contributed by atoms with Crippen molar-refractivity contribution in [3.8, 4) is 0 Å². The highest BCUT2D eigenvalue weighted by Gasteiger charge is 2.63. The van der Waals surface area contributed by atoms with Crippen LogP contribution >= 0.6 is 23.2 Å². The highest BCUT2D eigenvalue weighted by atomic mass is 35.5. The summed E-state index contributed by atoms with van der Waals surface area (Å²) < 4.78 is 16.2. The van der Waals surface area contributed by atoms with E-state index in [1.165, 1.54) is 6.08 Å². The second-order valence-corrected chi connectivity index (χ2v) is 8.47. The predicted octanol–water partition coefficient (Wildman–Crippen LogP) is 5.20. The molecule has 0 unspecified atom stereocenters. The van der Waals surface area contributed by atoms with E-state index in [2.05, 4.69) is 0 Å². The van der Waals surface area contributed by atoms with Gasteiger partial charge in [-0.25, -0.2) is 9.59 Å². The van der Waals surface area contributed by atoms with E-state index in [9.17, 15) is 14.7 Å². The standard InChI is InChI=1S/C27H24Cl2O6/c1-33-24(30)26(32,17-16-19-8-12-22(28)13-9-19)27(25(31)34-2,21-6-4-3-5-7-21)35-18-20-10-14-23(29)15-11-20/h3-17,32H,18H2,1-2H3/b17-16+/t26-,27-/m0/s1. The first-order chi connectivity index (χ1) is 16.8. The van der Waals surface area contributed by atoms with Crippen molar-refractivity contribution in [2.24, 2.45) is 0 Å². The van der Waals surface area contributed by atoms with E-state index >= 15 is 0 Å². The maximum atomic E-state index is 13.4. The summed E-state index contributed by atoms with van der Waals surface area (Å²) in [4.78, 5) is 26.6. The van der Waals surface area contributed by atoms with Crippen LogP contribution in [0.15, 0.2) is 84.9 Å². The molecule has 3 aromatic rings. The summed E-state index contributed by atoms with van der Waals surface area (Å²) in [5.74, 6) is -2.11. The van der Waals surface area contributed by atoms with Crippen molar-refractivity contribution in [1.82, 2.24) is 0 Å². The molecule has 0 saturated heterocycles. The third-order valence-corrected chi connectivity index (χ3v) is 5.95. The average molecular weight is 515 g/mol. The Morgan fingerprint density at radius 3 is 1.91 bits per heavy atom. The minimum atomic E-state index is -2.62. The Morgan fingerprint density at radius 2 is 1.37 bits per heavy atom. The summed E-state index contributed by atoms with van der Waals surface area (Å²) in [5, 5.41) is 13.0. The Kier molecular flexibility index (Phi) is 8.70. The first-order valence-corrected chi connectivity index (χ1v) is 11.3. The van der Waals surface area contributed by atoms with E-state index in [0.29, 0.717) is 21.2 Å². The Balaban J connectivity index is 2.21. The molecule has 0 bridgehead atoms. The Bertz CT molecular complexity index is 1180. The van der Waals surface area contributed by atoms with Crippen LogP contribution in [0, 0.1) is 0 Å². The molecule has 0 heterocycles. The zero-order valence-electron chi connectivity index (χ0n) is 19.1. The van der Waals surface area contributed by atoms with Crippen LogP contribution in [0.5, 0.6) is 0 Å². The molecule has 6 nitrogen and oxygen atoms in total. The van der Waals surface area contributed by atoms with Gasteiger partial charge in [0.15, 0.2) is 0 Å². The molecular weight excluding hydrogens is 491 g/mol. The number of ether oxygens (including phenoxy) is 3. The molecule has 0 saturated carbocycles. The van der Waals surface area contributed by atoms with Gasteiger partial charge in [-0.05, 0) is 47.0 Å². The molecule has 1 N–H and O–H groups in total. The van der Waals surface area contributed by atoms with Gasteiger partial charge in [-0.3, -0.25) is 0 Å². The second kappa shape index (κ2) is 11.5. The summed E-state index contributed by atoms with van der Waals surface area (Å²) in [6, 6.07) is 21.6. The van der Waals surface area contributed by atoms with Gasteiger partial charge >= 0.3 is 11.9 Å². The molecule has 3 rings (SSSR count).